The third-order valence-corrected chi connectivity index (χ3v) is 2.77. The van der Waals surface area contributed by atoms with Crippen molar-refractivity contribution in [1.29, 1.82) is 0 Å². The largest absolute Gasteiger partial charge is 0.381 e. The predicted octanol–water partition coefficient (Wildman–Crippen LogP) is 2.70. The summed E-state index contributed by atoms with van der Waals surface area (Å²) in [5, 5.41) is 16.3. The van der Waals surface area contributed by atoms with E-state index in [2.05, 4.69) is 10.6 Å². The van der Waals surface area contributed by atoms with Crippen LogP contribution in [0.5, 0.6) is 0 Å². The monoisotopic (exact) mass is 286 g/mol. The number of non-ortho nitro benzene ring substituents is 1. The van der Waals surface area contributed by atoms with Crippen LogP contribution in [0, 0.1) is 10.1 Å². The van der Waals surface area contributed by atoms with E-state index in [0.717, 1.165) is 11.3 Å². The Hall–Kier alpha value is -3.09. The Balaban J connectivity index is 1.98. The molecule has 0 fully saturated rings. The number of anilines is 2. The normalized spacial score (nSPS) is 9.90. The topological polar surface area (TPSA) is 110 Å². The fourth-order valence-corrected chi connectivity index (χ4v) is 1.80. The highest BCUT2D eigenvalue weighted by Gasteiger charge is 2.05. The second-order valence-electron chi connectivity index (χ2n) is 4.35. The molecule has 2 aromatic carbocycles. The van der Waals surface area contributed by atoms with Gasteiger partial charge in [0.1, 0.15) is 0 Å². The van der Waals surface area contributed by atoms with Gasteiger partial charge in [0.15, 0.2) is 0 Å². The van der Waals surface area contributed by atoms with Gasteiger partial charge in [-0.3, -0.25) is 10.1 Å². The number of amides is 2. The lowest BCUT2D eigenvalue weighted by Crippen LogP contribution is -2.19. The SMILES string of the molecule is NC(=O)Nc1ccc(NCc2cccc([N+](=O)[O-])c2)cc1. The number of nitro benzene ring substituents is 1. The first-order chi connectivity index (χ1) is 10.0. The van der Waals surface area contributed by atoms with Gasteiger partial charge in [-0.2, -0.15) is 0 Å². The minimum atomic E-state index is -0.618. The molecule has 0 saturated carbocycles. The molecular weight excluding hydrogens is 272 g/mol. The van der Waals surface area contributed by atoms with Gasteiger partial charge >= 0.3 is 6.03 Å². The van der Waals surface area contributed by atoms with Gasteiger partial charge in [0.25, 0.3) is 5.69 Å². The van der Waals surface area contributed by atoms with Crippen LogP contribution in [-0.2, 0) is 6.54 Å². The zero-order valence-electron chi connectivity index (χ0n) is 11.1. The van der Waals surface area contributed by atoms with E-state index in [-0.39, 0.29) is 5.69 Å². The first-order valence-electron chi connectivity index (χ1n) is 6.18. The van der Waals surface area contributed by atoms with Crippen molar-refractivity contribution in [3.8, 4) is 0 Å². The van der Waals surface area contributed by atoms with Crippen LogP contribution in [0.3, 0.4) is 0 Å². The van der Waals surface area contributed by atoms with Crippen LogP contribution >= 0.6 is 0 Å². The molecule has 0 aliphatic heterocycles. The number of urea groups is 1. The van der Waals surface area contributed by atoms with Gasteiger partial charge in [0.05, 0.1) is 4.92 Å². The van der Waals surface area contributed by atoms with E-state index in [1.54, 1.807) is 30.3 Å². The van der Waals surface area contributed by atoms with Crippen molar-refractivity contribution in [2.75, 3.05) is 10.6 Å². The van der Waals surface area contributed by atoms with Crippen molar-refractivity contribution < 1.29 is 9.72 Å². The molecule has 0 aliphatic carbocycles. The number of nitro groups is 1. The third kappa shape index (κ3) is 4.20. The fraction of sp³-hybridized carbons (Fsp3) is 0.0714. The van der Waals surface area contributed by atoms with Crippen LogP contribution in [-0.4, -0.2) is 11.0 Å². The summed E-state index contributed by atoms with van der Waals surface area (Å²) in [7, 11) is 0. The zero-order chi connectivity index (χ0) is 15.2. The van der Waals surface area contributed by atoms with E-state index in [1.165, 1.54) is 12.1 Å². The van der Waals surface area contributed by atoms with E-state index in [4.69, 9.17) is 5.73 Å². The summed E-state index contributed by atoms with van der Waals surface area (Å²) in [6, 6.07) is 12.8. The smallest absolute Gasteiger partial charge is 0.316 e. The average molecular weight is 286 g/mol. The highest BCUT2D eigenvalue weighted by molar-refractivity contribution is 5.87. The molecule has 2 rings (SSSR count). The highest BCUT2D eigenvalue weighted by atomic mass is 16.6. The van der Waals surface area contributed by atoms with E-state index in [9.17, 15) is 14.9 Å². The van der Waals surface area contributed by atoms with E-state index in [0.29, 0.717) is 12.2 Å². The quantitative estimate of drug-likeness (QED) is 0.579. The van der Waals surface area contributed by atoms with Gasteiger partial charge < -0.3 is 16.4 Å². The molecule has 0 aliphatic rings. The van der Waals surface area contributed by atoms with Gasteiger partial charge in [-0.05, 0) is 29.8 Å². The Morgan fingerprint density at radius 1 is 1.14 bits per heavy atom. The molecule has 108 valence electrons. The predicted molar refractivity (Wildman–Crippen MR) is 80.1 cm³/mol. The van der Waals surface area contributed by atoms with Crippen molar-refractivity contribution in [1.82, 2.24) is 0 Å². The lowest BCUT2D eigenvalue weighted by Gasteiger charge is -2.08. The maximum Gasteiger partial charge on any atom is 0.316 e. The first-order valence-corrected chi connectivity index (χ1v) is 6.18. The number of hydrogen-bond donors (Lipinski definition) is 3. The molecule has 4 N–H and O–H groups in total. The maximum atomic E-state index is 10.7. The molecule has 0 radical (unpaired) electrons. The summed E-state index contributed by atoms with van der Waals surface area (Å²) in [5.74, 6) is 0. The van der Waals surface area contributed by atoms with E-state index >= 15 is 0 Å². The Morgan fingerprint density at radius 3 is 2.43 bits per heavy atom. The first kappa shape index (κ1) is 14.3. The van der Waals surface area contributed by atoms with Gasteiger partial charge in [0, 0.05) is 30.1 Å². The Bertz CT molecular complexity index is 656. The number of rotatable bonds is 5. The third-order valence-electron chi connectivity index (χ3n) is 2.77. The van der Waals surface area contributed by atoms with Crippen LogP contribution < -0.4 is 16.4 Å². The van der Waals surface area contributed by atoms with Gasteiger partial charge in [0.2, 0.25) is 0 Å². The van der Waals surface area contributed by atoms with Gasteiger partial charge in [-0.1, -0.05) is 12.1 Å². The standard InChI is InChI=1S/C14H14N4O3/c15-14(19)17-12-6-4-11(5-7-12)16-9-10-2-1-3-13(8-10)18(20)21/h1-8,16H,9H2,(H3,15,17,19). The molecule has 7 heteroatoms. The summed E-state index contributed by atoms with van der Waals surface area (Å²) >= 11 is 0. The second-order valence-corrected chi connectivity index (χ2v) is 4.35. The average Bonchev–Trinajstić information content (AvgIpc) is 2.46. The summed E-state index contributed by atoms with van der Waals surface area (Å²) in [4.78, 5) is 21.0. The molecule has 21 heavy (non-hydrogen) atoms. The Labute approximate surface area is 120 Å². The van der Waals surface area contributed by atoms with Crippen molar-refractivity contribution in [3.63, 3.8) is 0 Å². The number of nitrogens with zero attached hydrogens (tertiary/aromatic N) is 1. The second kappa shape index (κ2) is 6.38. The minimum absolute atomic E-state index is 0.0651. The number of carbonyl (C=O) groups is 1. The van der Waals surface area contributed by atoms with E-state index < -0.39 is 11.0 Å². The lowest BCUT2D eigenvalue weighted by atomic mass is 10.2. The summed E-state index contributed by atoms with van der Waals surface area (Å²) in [6.07, 6.45) is 0. The Kier molecular flexibility index (Phi) is 4.35. The van der Waals surface area contributed by atoms with E-state index in [1.807, 2.05) is 6.07 Å². The molecule has 7 nitrogen and oxygen atoms in total. The lowest BCUT2D eigenvalue weighted by molar-refractivity contribution is -0.384. The van der Waals surface area contributed by atoms with Crippen LogP contribution in [0.15, 0.2) is 48.5 Å². The molecule has 0 atom stereocenters. The molecule has 2 aromatic rings. The zero-order valence-corrected chi connectivity index (χ0v) is 11.1. The fourth-order valence-electron chi connectivity index (χ4n) is 1.80. The van der Waals surface area contributed by atoms with Gasteiger partial charge in [-0.15, -0.1) is 0 Å². The van der Waals surface area contributed by atoms with Crippen LogP contribution in [0.4, 0.5) is 21.9 Å². The van der Waals surface area contributed by atoms with Crippen LogP contribution in [0.25, 0.3) is 0 Å². The number of nitrogens with two attached hydrogens (primary N) is 1. The van der Waals surface area contributed by atoms with Crippen molar-refractivity contribution in [3.05, 3.63) is 64.2 Å². The maximum absolute atomic E-state index is 10.7. The molecular formula is C14H14N4O3. The summed E-state index contributed by atoms with van der Waals surface area (Å²) in [6.45, 7) is 0.463. The molecule has 0 spiro atoms. The summed E-state index contributed by atoms with van der Waals surface area (Å²) in [5.41, 5.74) is 7.32. The molecule has 0 unspecified atom stereocenters. The molecule has 0 bridgehead atoms. The van der Waals surface area contributed by atoms with Crippen molar-refractivity contribution >= 4 is 23.1 Å². The molecule has 0 aromatic heterocycles. The van der Waals surface area contributed by atoms with Gasteiger partial charge in [-0.25, -0.2) is 4.79 Å². The van der Waals surface area contributed by atoms with Crippen molar-refractivity contribution in [2.24, 2.45) is 5.73 Å². The van der Waals surface area contributed by atoms with Crippen LogP contribution in [0.2, 0.25) is 0 Å². The van der Waals surface area contributed by atoms with Crippen LogP contribution in [0.1, 0.15) is 5.56 Å². The molecule has 0 saturated heterocycles. The highest BCUT2D eigenvalue weighted by Crippen LogP contribution is 2.16. The molecule has 2 amide bonds. The molecule has 0 heterocycles. The summed E-state index contributed by atoms with van der Waals surface area (Å²) < 4.78 is 0. The Morgan fingerprint density at radius 2 is 1.81 bits per heavy atom. The number of hydrogen-bond acceptors (Lipinski definition) is 4. The number of carbonyl (C=O) groups excluding carboxylic acids is 1. The minimum Gasteiger partial charge on any atom is -0.381 e. The van der Waals surface area contributed by atoms with Crippen molar-refractivity contribution in [2.45, 2.75) is 6.54 Å². The number of benzene rings is 2. The number of nitrogens with one attached hydrogen (secondary N) is 2. The number of primary amides is 1.